The van der Waals surface area contributed by atoms with Crippen LogP contribution >= 0.6 is 0 Å². The first-order valence-corrected chi connectivity index (χ1v) is 18.5. The van der Waals surface area contributed by atoms with Crippen molar-refractivity contribution in [1.29, 1.82) is 0 Å². The van der Waals surface area contributed by atoms with Gasteiger partial charge in [-0.1, -0.05) is 20.8 Å². The maximum Gasteiger partial charge on any atom is 0.311 e. The summed E-state index contributed by atoms with van der Waals surface area (Å²) in [4.78, 5) is 29.9. The molecular weight excluding hydrogens is 662 g/mol. The summed E-state index contributed by atoms with van der Waals surface area (Å²) >= 11 is 0. The molecule has 0 saturated carbocycles. The van der Waals surface area contributed by atoms with Crippen LogP contribution in [0.5, 0.6) is 0 Å². The molecule has 0 amide bonds. The normalized spacial score (nSPS) is 47.7. The average Bonchev–Trinajstić information content (AvgIpc) is 3.06. The van der Waals surface area contributed by atoms with Gasteiger partial charge in [0, 0.05) is 38.5 Å². The summed E-state index contributed by atoms with van der Waals surface area (Å²) in [7, 11) is 6.84. The first-order chi connectivity index (χ1) is 23.5. The quantitative estimate of drug-likeness (QED) is 0.312. The average molecular weight is 730 g/mol. The molecule has 0 aromatic heterocycles. The molecule has 2 saturated heterocycles. The Morgan fingerprint density at radius 2 is 1.55 bits per heavy atom. The van der Waals surface area contributed by atoms with Crippen LogP contribution < -0.4 is 0 Å². The van der Waals surface area contributed by atoms with Crippen LogP contribution in [0, 0.1) is 17.8 Å². The van der Waals surface area contributed by atoms with E-state index >= 15 is 0 Å². The fourth-order valence-corrected chi connectivity index (χ4v) is 8.27. The SMILES string of the molecule is CC[C@H]1OC(=O)[C@H](C)[C@@H](O[C@H]2C[C@@](C)(OC)[C@@H](O)[C@H](C)O2)[C@H](C)[C@@H](O[C@@H]2O[C@H](C)C[C@H](N(C)C)[C@H]2O)[C@](C)(OC)C[C@@H](C)C(=O)/C(C)=C/[C@]1(C)O. The van der Waals surface area contributed by atoms with Gasteiger partial charge in [0.15, 0.2) is 18.4 Å². The van der Waals surface area contributed by atoms with Crippen molar-refractivity contribution in [2.75, 3.05) is 28.3 Å². The molecule has 0 radical (unpaired) electrons. The van der Waals surface area contributed by atoms with E-state index in [0.717, 1.165) is 0 Å². The van der Waals surface area contributed by atoms with Crippen molar-refractivity contribution in [1.82, 2.24) is 4.90 Å². The van der Waals surface area contributed by atoms with Crippen LogP contribution in [-0.2, 0) is 42.7 Å². The predicted molar refractivity (Wildman–Crippen MR) is 190 cm³/mol. The molecule has 16 atom stereocenters. The van der Waals surface area contributed by atoms with Gasteiger partial charge in [-0.2, -0.15) is 0 Å². The summed E-state index contributed by atoms with van der Waals surface area (Å²) in [5, 5.41) is 34.0. The molecule has 0 aliphatic carbocycles. The van der Waals surface area contributed by atoms with E-state index in [1.807, 2.05) is 39.8 Å². The lowest BCUT2D eigenvalue weighted by atomic mass is 9.76. The van der Waals surface area contributed by atoms with Crippen molar-refractivity contribution in [3.05, 3.63) is 11.6 Å². The topological polar surface area (TPSA) is 163 Å². The van der Waals surface area contributed by atoms with Gasteiger partial charge in [-0.3, -0.25) is 9.59 Å². The van der Waals surface area contributed by atoms with Crippen molar-refractivity contribution in [3.8, 4) is 0 Å². The zero-order valence-corrected chi connectivity index (χ0v) is 33.4. The molecule has 3 N–H and O–H groups in total. The number of esters is 1. The zero-order chi connectivity index (χ0) is 38.8. The van der Waals surface area contributed by atoms with Gasteiger partial charge in [0.1, 0.15) is 23.9 Å². The van der Waals surface area contributed by atoms with E-state index in [-0.39, 0.29) is 37.2 Å². The molecule has 0 bridgehead atoms. The van der Waals surface area contributed by atoms with Crippen molar-refractivity contribution in [2.45, 2.75) is 173 Å². The summed E-state index contributed by atoms with van der Waals surface area (Å²) < 4.78 is 44.0. The van der Waals surface area contributed by atoms with E-state index in [4.69, 9.17) is 33.2 Å². The molecule has 2 fully saturated rings. The van der Waals surface area contributed by atoms with Gasteiger partial charge >= 0.3 is 5.97 Å². The number of allylic oxidation sites excluding steroid dienone is 1. The van der Waals surface area contributed by atoms with E-state index in [1.54, 1.807) is 41.5 Å². The highest BCUT2D eigenvalue weighted by molar-refractivity contribution is 5.96. The molecule has 13 heteroatoms. The lowest BCUT2D eigenvalue weighted by Gasteiger charge is -2.49. The second kappa shape index (κ2) is 17.3. The second-order valence-corrected chi connectivity index (χ2v) is 16.2. The van der Waals surface area contributed by atoms with Crippen LogP contribution in [0.2, 0.25) is 0 Å². The van der Waals surface area contributed by atoms with Crippen LogP contribution in [0.4, 0.5) is 0 Å². The predicted octanol–water partition coefficient (Wildman–Crippen LogP) is 3.39. The van der Waals surface area contributed by atoms with Crippen molar-refractivity contribution >= 4 is 11.8 Å². The first kappa shape index (κ1) is 43.9. The summed E-state index contributed by atoms with van der Waals surface area (Å²) in [6.07, 6.45) is -4.99. The largest absolute Gasteiger partial charge is 0.459 e. The van der Waals surface area contributed by atoms with Gasteiger partial charge in [0.2, 0.25) is 0 Å². The number of aliphatic hydroxyl groups is 3. The molecule has 296 valence electrons. The fraction of sp³-hybridized carbons (Fsp3) is 0.895. The highest BCUT2D eigenvalue weighted by Gasteiger charge is 2.52. The Balaban J connectivity index is 2.22. The zero-order valence-electron chi connectivity index (χ0n) is 33.4. The third kappa shape index (κ3) is 9.78. The molecule has 13 nitrogen and oxygen atoms in total. The minimum absolute atomic E-state index is 0.154. The van der Waals surface area contributed by atoms with Crippen LogP contribution in [-0.4, -0.2) is 138 Å². The van der Waals surface area contributed by atoms with Gasteiger partial charge in [0.05, 0.1) is 41.5 Å². The number of rotatable bonds is 8. The highest BCUT2D eigenvalue weighted by atomic mass is 16.7. The number of carbonyl (C=O) groups excluding carboxylic acids is 2. The standard InChI is InChI=1S/C38H67NO12/c1-15-27-36(8,44)17-20(2)29(40)21(3)18-38(10,46-14)33(51-35-30(41)26(39(11)12)16-22(4)47-35)23(5)31(24(6)34(43)49-27)50-28-19-37(9,45-13)32(42)25(7)48-28/h17,21-28,30-33,35,41-42,44H,15-16,18-19H2,1-14H3/b20-17+/t21-,22-,23+,24-,25+,26+,27-,28+,30-,31+,32+,33-,35+,36+,37-,38-/m1/s1. The maximum absolute atomic E-state index is 14.1. The van der Waals surface area contributed by atoms with Crippen molar-refractivity contribution in [2.24, 2.45) is 17.8 Å². The first-order valence-electron chi connectivity index (χ1n) is 18.5. The Bertz CT molecular complexity index is 1210. The number of nitrogens with zero attached hydrogens (tertiary/aromatic N) is 1. The van der Waals surface area contributed by atoms with E-state index < -0.39 is 89.7 Å². The van der Waals surface area contributed by atoms with E-state index in [9.17, 15) is 24.9 Å². The number of carbonyl (C=O) groups is 2. The molecular formula is C38H67NO12. The molecule has 3 aliphatic heterocycles. The summed E-state index contributed by atoms with van der Waals surface area (Å²) in [6, 6.07) is -0.260. The van der Waals surface area contributed by atoms with E-state index in [2.05, 4.69) is 0 Å². The number of likely N-dealkylation sites (N-methyl/N-ethyl adjacent to an activating group) is 1. The molecule has 51 heavy (non-hydrogen) atoms. The third-order valence-corrected chi connectivity index (χ3v) is 11.6. The third-order valence-electron chi connectivity index (χ3n) is 11.6. The molecule has 0 unspecified atom stereocenters. The van der Waals surface area contributed by atoms with Gasteiger partial charge in [-0.25, -0.2) is 0 Å². The van der Waals surface area contributed by atoms with Gasteiger partial charge in [-0.15, -0.1) is 0 Å². The highest BCUT2D eigenvalue weighted by Crippen LogP contribution is 2.41. The molecule has 3 rings (SSSR count). The van der Waals surface area contributed by atoms with Crippen LogP contribution in [0.15, 0.2) is 11.6 Å². The van der Waals surface area contributed by atoms with Gasteiger partial charge in [-0.05, 0) is 93.5 Å². The summed E-state index contributed by atoms with van der Waals surface area (Å²) in [5.74, 6) is -3.03. The second-order valence-electron chi connectivity index (χ2n) is 16.2. The summed E-state index contributed by atoms with van der Waals surface area (Å²) in [5.41, 5.74) is -3.50. The van der Waals surface area contributed by atoms with Crippen LogP contribution in [0.25, 0.3) is 0 Å². The molecule has 3 heterocycles. The number of ketones is 1. The van der Waals surface area contributed by atoms with Gasteiger partial charge < -0.3 is 53.4 Å². The number of hydrogen-bond acceptors (Lipinski definition) is 13. The van der Waals surface area contributed by atoms with E-state index in [1.165, 1.54) is 27.2 Å². The van der Waals surface area contributed by atoms with E-state index in [0.29, 0.717) is 12.0 Å². The summed E-state index contributed by atoms with van der Waals surface area (Å²) in [6.45, 7) is 17.6. The Hall–Kier alpha value is -1.52. The molecule has 0 spiro atoms. The number of hydrogen-bond donors (Lipinski definition) is 3. The number of ether oxygens (including phenoxy) is 7. The molecule has 0 aromatic rings. The Morgan fingerprint density at radius 1 is 0.941 bits per heavy atom. The maximum atomic E-state index is 14.1. The Kier molecular flexibility index (Phi) is 14.9. The lowest BCUT2D eigenvalue weighted by molar-refractivity contribution is -0.319. The molecule has 0 aromatic carbocycles. The Labute approximate surface area is 305 Å². The number of methoxy groups -OCH3 is 2. The lowest BCUT2D eigenvalue weighted by Crippen LogP contribution is -2.61. The van der Waals surface area contributed by atoms with Crippen molar-refractivity contribution < 1.29 is 58.1 Å². The minimum Gasteiger partial charge on any atom is -0.459 e. The molecule has 3 aliphatic rings. The van der Waals surface area contributed by atoms with Crippen LogP contribution in [0.1, 0.15) is 94.9 Å². The number of Topliss-reactive ketones (excluding diaryl/α,β-unsaturated/α-hetero) is 1. The minimum atomic E-state index is -1.64. The van der Waals surface area contributed by atoms with Crippen molar-refractivity contribution in [3.63, 3.8) is 0 Å². The number of cyclic esters (lactones) is 1. The fourth-order valence-electron chi connectivity index (χ4n) is 8.27. The monoisotopic (exact) mass is 729 g/mol. The van der Waals surface area contributed by atoms with Crippen LogP contribution in [0.3, 0.4) is 0 Å². The Morgan fingerprint density at radius 3 is 2.10 bits per heavy atom. The van der Waals surface area contributed by atoms with Gasteiger partial charge in [0.25, 0.3) is 0 Å². The smallest absolute Gasteiger partial charge is 0.311 e. The number of aliphatic hydroxyl groups excluding tert-OH is 2.